The van der Waals surface area contributed by atoms with E-state index < -0.39 is 0 Å². The summed E-state index contributed by atoms with van der Waals surface area (Å²) in [7, 11) is 0. The lowest BCUT2D eigenvalue weighted by Crippen LogP contribution is -2.45. The first-order chi connectivity index (χ1) is 13.0. The highest BCUT2D eigenvalue weighted by molar-refractivity contribution is 7.13. The van der Waals surface area contributed by atoms with E-state index in [1.165, 1.54) is 11.3 Å². The van der Waals surface area contributed by atoms with Crippen molar-refractivity contribution in [2.24, 2.45) is 0 Å². The number of benzene rings is 1. The lowest BCUT2D eigenvalue weighted by atomic mass is 10.1. The average molecular weight is 385 g/mol. The first-order valence-electron chi connectivity index (χ1n) is 9.21. The Morgan fingerprint density at radius 2 is 2.04 bits per heavy atom. The SMILES string of the molecule is Cc1nc(C)c(C(=O)N2C[C@@H]3OCCC(=O)N(Cc4ccccc4)[C@H]3C2)s1. The lowest BCUT2D eigenvalue weighted by Gasteiger charge is -2.29. The minimum absolute atomic E-state index is 0.0121. The minimum Gasteiger partial charge on any atom is -0.374 e. The van der Waals surface area contributed by atoms with Gasteiger partial charge in [0.1, 0.15) is 4.88 Å². The molecule has 0 N–H and O–H groups in total. The molecule has 3 heterocycles. The summed E-state index contributed by atoms with van der Waals surface area (Å²) in [5.74, 6) is 0.0763. The molecular weight excluding hydrogens is 362 g/mol. The van der Waals surface area contributed by atoms with Gasteiger partial charge in [-0.3, -0.25) is 9.59 Å². The van der Waals surface area contributed by atoms with Gasteiger partial charge in [0.2, 0.25) is 5.91 Å². The Labute approximate surface area is 162 Å². The standard InChI is InChI=1S/C20H23N3O3S/c1-13-19(27-14(2)21-13)20(25)22-11-16-17(12-22)26-9-8-18(24)23(16)10-15-6-4-3-5-7-15/h3-7,16-17H,8-12H2,1-2H3/t16-,17-/m0/s1. The molecule has 6 nitrogen and oxygen atoms in total. The molecule has 0 aliphatic carbocycles. The second-order valence-electron chi connectivity index (χ2n) is 7.09. The minimum atomic E-state index is -0.140. The highest BCUT2D eigenvalue weighted by Crippen LogP contribution is 2.28. The molecule has 2 atom stereocenters. The zero-order chi connectivity index (χ0) is 19.0. The van der Waals surface area contributed by atoms with Crippen molar-refractivity contribution in [2.45, 2.75) is 39.0 Å². The summed E-state index contributed by atoms with van der Waals surface area (Å²) in [5.41, 5.74) is 1.86. The number of thiazole rings is 1. The maximum absolute atomic E-state index is 13.0. The third-order valence-corrected chi connectivity index (χ3v) is 6.25. The van der Waals surface area contributed by atoms with Crippen LogP contribution in [0.15, 0.2) is 30.3 Å². The molecule has 2 saturated heterocycles. The fourth-order valence-corrected chi connectivity index (χ4v) is 4.76. The molecule has 1 aromatic heterocycles. The van der Waals surface area contributed by atoms with Crippen LogP contribution >= 0.6 is 11.3 Å². The number of carbonyl (C=O) groups excluding carboxylic acids is 2. The molecule has 0 saturated carbocycles. The quantitative estimate of drug-likeness (QED) is 0.814. The number of amides is 2. The summed E-state index contributed by atoms with van der Waals surface area (Å²) in [6.45, 7) is 5.74. The topological polar surface area (TPSA) is 62.7 Å². The molecule has 1 aromatic carbocycles. The Hall–Kier alpha value is -2.25. The van der Waals surface area contributed by atoms with Crippen molar-refractivity contribution < 1.29 is 14.3 Å². The van der Waals surface area contributed by atoms with Gasteiger partial charge in [0.25, 0.3) is 5.91 Å². The fraction of sp³-hybridized carbons (Fsp3) is 0.450. The zero-order valence-electron chi connectivity index (χ0n) is 15.6. The number of rotatable bonds is 3. The van der Waals surface area contributed by atoms with Crippen LogP contribution in [0.1, 0.15) is 32.4 Å². The lowest BCUT2D eigenvalue weighted by molar-refractivity contribution is -0.133. The molecule has 0 unspecified atom stereocenters. The monoisotopic (exact) mass is 385 g/mol. The molecular formula is C20H23N3O3S. The number of likely N-dealkylation sites (tertiary alicyclic amines) is 1. The van der Waals surface area contributed by atoms with Crippen molar-refractivity contribution >= 4 is 23.2 Å². The Balaban J connectivity index is 1.56. The van der Waals surface area contributed by atoms with Crippen molar-refractivity contribution in [3.63, 3.8) is 0 Å². The van der Waals surface area contributed by atoms with Gasteiger partial charge in [-0.25, -0.2) is 4.98 Å². The number of fused-ring (bicyclic) bond motifs is 1. The molecule has 2 aromatic rings. The van der Waals surface area contributed by atoms with Gasteiger partial charge in [-0.2, -0.15) is 0 Å². The van der Waals surface area contributed by atoms with Gasteiger partial charge in [0.05, 0.1) is 35.9 Å². The smallest absolute Gasteiger partial charge is 0.266 e. The predicted molar refractivity (Wildman–Crippen MR) is 103 cm³/mol. The van der Waals surface area contributed by atoms with Crippen molar-refractivity contribution in [3.05, 3.63) is 51.5 Å². The largest absolute Gasteiger partial charge is 0.374 e. The maximum atomic E-state index is 13.0. The second-order valence-corrected chi connectivity index (χ2v) is 8.29. The molecule has 27 heavy (non-hydrogen) atoms. The van der Waals surface area contributed by atoms with Crippen LogP contribution in [0.4, 0.5) is 0 Å². The number of ether oxygens (including phenoxy) is 1. The number of carbonyl (C=O) groups is 2. The van der Waals surface area contributed by atoms with Crippen LogP contribution in [0, 0.1) is 13.8 Å². The number of aromatic nitrogens is 1. The van der Waals surface area contributed by atoms with Crippen LogP contribution in [0.2, 0.25) is 0 Å². The second kappa shape index (κ2) is 7.40. The Bertz CT molecular complexity index is 851. The zero-order valence-corrected chi connectivity index (χ0v) is 16.4. The molecule has 7 heteroatoms. The van der Waals surface area contributed by atoms with E-state index >= 15 is 0 Å². The first-order valence-corrected chi connectivity index (χ1v) is 10.0. The summed E-state index contributed by atoms with van der Waals surface area (Å²) in [6, 6.07) is 9.86. The van der Waals surface area contributed by atoms with E-state index in [0.29, 0.717) is 37.5 Å². The molecule has 0 bridgehead atoms. The van der Waals surface area contributed by atoms with E-state index in [4.69, 9.17) is 4.74 Å². The van der Waals surface area contributed by atoms with E-state index in [-0.39, 0.29) is 24.0 Å². The van der Waals surface area contributed by atoms with Gasteiger partial charge in [0, 0.05) is 19.6 Å². The highest BCUT2D eigenvalue weighted by Gasteiger charge is 2.43. The van der Waals surface area contributed by atoms with E-state index in [2.05, 4.69) is 4.98 Å². The fourth-order valence-electron chi connectivity index (χ4n) is 3.87. The van der Waals surface area contributed by atoms with E-state index in [0.717, 1.165) is 16.3 Å². The highest BCUT2D eigenvalue weighted by atomic mass is 32.1. The average Bonchev–Trinajstić information content (AvgIpc) is 3.19. The number of nitrogens with zero attached hydrogens (tertiary/aromatic N) is 3. The van der Waals surface area contributed by atoms with Crippen LogP contribution in [-0.2, 0) is 16.1 Å². The molecule has 0 radical (unpaired) electrons. The molecule has 0 spiro atoms. The van der Waals surface area contributed by atoms with Crippen LogP contribution in [0.5, 0.6) is 0 Å². The van der Waals surface area contributed by atoms with Gasteiger partial charge in [-0.15, -0.1) is 11.3 Å². The predicted octanol–water partition coefficient (Wildman–Crippen LogP) is 2.40. The van der Waals surface area contributed by atoms with Gasteiger partial charge in [-0.05, 0) is 19.4 Å². The number of hydrogen-bond donors (Lipinski definition) is 0. The molecule has 2 aliphatic rings. The van der Waals surface area contributed by atoms with Crippen molar-refractivity contribution in [1.29, 1.82) is 0 Å². The van der Waals surface area contributed by atoms with Gasteiger partial charge in [-0.1, -0.05) is 30.3 Å². The molecule has 2 fully saturated rings. The molecule has 4 rings (SSSR count). The summed E-state index contributed by atoms with van der Waals surface area (Å²) < 4.78 is 5.95. The van der Waals surface area contributed by atoms with E-state index in [1.54, 1.807) is 0 Å². The van der Waals surface area contributed by atoms with Gasteiger partial charge < -0.3 is 14.5 Å². The number of hydrogen-bond acceptors (Lipinski definition) is 5. The van der Waals surface area contributed by atoms with Crippen LogP contribution in [0.3, 0.4) is 0 Å². The Morgan fingerprint density at radius 3 is 2.74 bits per heavy atom. The third kappa shape index (κ3) is 3.61. The third-order valence-electron chi connectivity index (χ3n) is 5.19. The van der Waals surface area contributed by atoms with E-state index in [1.807, 2.05) is 54.0 Å². The molecule has 142 valence electrons. The van der Waals surface area contributed by atoms with Gasteiger partial charge >= 0.3 is 0 Å². The normalized spacial score (nSPS) is 22.7. The summed E-state index contributed by atoms with van der Waals surface area (Å²) in [4.78, 5) is 34.5. The van der Waals surface area contributed by atoms with Crippen LogP contribution in [-0.4, -0.2) is 58.4 Å². The molecule has 2 amide bonds. The first kappa shape index (κ1) is 18.1. The van der Waals surface area contributed by atoms with E-state index in [9.17, 15) is 9.59 Å². The van der Waals surface area contributed by atoms with Crippen molar-refractivity contribution in [3.8, 4) is 0 Å². The number of aryl methyl sites for hydroxylation is 2. The maximum Gasteiger partial charge on any atom is 0.266 e. The van der Waals surface area contributed by atoms with Crippen LogP contribution < -0.4 is 0 Å². The Kier molecular flexibility index (Phi) is 4.97. The van der Waals surface area contributed by atoms with Crippen molar-refractivity contribution in [1.82, 2.24) is 14.8 Å². The summed E-state index contributed by atoms with van der Waals surface area (Å²) in [6.07, 6.45) is 0.249. The summed E-state index contributed by atoms with van der Waals surface area (Å²) in [5, 5.41) is 0.890. The Morgan fingerprint density at radius 1 is 1.26 bits per heavy atom. The molecule has 2 aliphatic heterocycles. The van der Waals surface area contributed by atoms with Crippen molar-refractivity contribution in [2.75, 3.05) is 19.7 Å². The van der Waals surface area contributed by atoms with Crippen LogP contribution in [0.25, 0.3) is 0 Å². The van der Waals surface area contributed by atoms with Gasteiger partial charge in [0.15, 0.2) is 0 Å². The summed E-state index contributed by atoms with van der Waals surface area (Å²) >= 11 is 1.43.